The van der Waals surface area contributed by atoms with Crippen LogP contribution in [0, 0.1) is 11.7 Å². The van der Waals surface area contributed by atoms with Gasteiger partial charge < -0.3 is 4.90 Å². The van der Waals surface area contributed by atoms with Gasteiger partial charge in [0.1, 0.15) is 11.4 Å². The fourth-order valence-corrected chi connectivity index (χ4v) is 6.28. The van der Waals surface area contributed by atoms with E-state index in [1.807, 2.05) is 42.4 Å². The van der Waals surface area contributed by atoms with Crippen molar-refractivity contribution in [1.29, 1.82) is 0 Å². The molecule has 170 valence electrons. The predicted molar refractivity (Wildman–Crippen MR) is 126 cm³/mol. The molecule has 33 heavy (non-hydrogen) atoms. The van der Waals surface area contributed by atoms with Gasteiger partial charge in [-0.1, -0.05) is 43.7 Å². The molecule has 3 unspecified atom stereocenters. The van der Waals surface area contributed by atoms with Crippen LogP contribution in [0.5, 0.6) is 0 Å². The first-order valence-corrected chi connectivity index (χ1v) is 11.9. The molecule has 3 aliphatic rings. The van der Waals surface area contributed by atoms with Crippen molar-refractivity contribution in [2.75, 3.05) is 11.4 Å². The van der Waals surface area contributed by atoms with Crippen molar-refractivity contribution >= 4 is 11.6 Å². The first-order valence-electron chi connectivity index (χ1n) is 11.9. The topological polar surface area (TPSA) is 41.4 Å². The molecular formula is C27H29FN4O. The summed E-state index contributed by atoms with van der Waals surface area (Å²) in [7, 11) is 1.84. The third kappa shape index (κ3) is 3.00. The molecule has 1 aromatic heterocycles. The number of para-hydroxylation sites is 1. The molecule has 3 atom stereocenters. The summed E-state index contributed by atoms with van der Waals surface area (Å²) in [6.45, 7) is 3.51. The van der Waals surface area contributed by atoms with Gasteiger partial charge in [-0.15, -0.1) is 0 Å². The van der Waals surface area contributed by atoms with Crippen LogP contribution in [0.4, 0.5) is 10.1 Å². The molecule has 5 nitrogen and oxygen atoms in total. The highest BCUT2D eigenvalue weighted by Crippen LogP contribution is 2.54. The van der Waals surface area contributed by atoms with Crippen molar-refractivity contribution in [2.24, 2.45) is 13.0 Å². The van der Waals surface area contributed by atoms with Crippen molar-refractivity contribution in [3.8, 4) is 11.1 Å². The van der Waals surface area contributed by atoms with E-state index in [4.69, 9.17) is 0 Å². The Labute approximate surface area is 193 Å². The minimum Gasteiger partial charge on any atom is -0.306 e. The SMILES string of the molecule is CC1CCCC1N1CCC12C(=O)N(Cc1ccc(-c3cnn(C)c3)cc1F)c1ccccc12. The lowest BCUT2D eigenvalue weighted by Gasteiger charge is -2.53. The van der Waals surface area contributed by atoms with Crippen LogP contribution in [-0.4, -0.2) is 33.2 Å². The Morgan fingerprint density at radius 2 is 2.00 bits per heavy atom. The van der Waals surface area contributed by atoms with Gasteiger partial charge in [-0.05, 0) is 42.9 Å². The standard InChI is InChI=1S/C27H29FN4O/c1-18-6-5-9-24(18)32-13-12-27(32)22-7-3-4-8-25(22)31(26(27)33)17-20-11-10-19(14-23(20)28)21-15-29-30(2)16-21/h3-4,7-8,10-11,14-16,18,24H,5-6,9,12-13,17H2,1-2H3. The summed E-state index contributed by atoms with van der Waals surface area (Å²) in [5.41, 5.74) is 3.63. The molecule has 0 bridgehead atoms. The van der Waals surface area contributed by atoms with E-state index in [2.05, 4.69) is 23.0 Å². The normalized spacial score (nSPS) is 26.8. The maximum absolute atomic E-state index is 15.2. The molecule has 3 heterocycles. The molecule has 1 saturated heterocycles. The molecule has 0 N–H and O–H groups in total. The maximum Gasteiger partial charge on any atom is 0.252 e. The smallest absolute Gasteiger partial charge is 0.252 e. The average molecular weight is 445 g/mol. The first kappa shape index (κ1) is 20.6. The second-order valence-electron chi connectivity index (χ2n) is 9.90. The summed E-state index contributed by atoms with van der Waals surface area (Å²) in [5, 5.41) is 4.18. The largest absolute Gasteiger partial charge is 0.306 e. The second-order valence-corrected chi connectivity index (χ2v) is 9.90. The van der Waals surface area contributed by atoms with E-state index in [0.29, 0.717) is 17.5 Å². The summed E-state index contributed by atoms with van der Waals surface area (Å²) < 4.78 is 16.9. The van der Waals surface area contributed by atoms with Crippen molar-refractivity contribution < 1.29 is 9.18 Å². The number of carbonyl (C=O) groups is 1. The number of nitrogens with zero attached hydrogens (tertiary/aromatic N) is 4. The summed E-state index contributed by atoms with van der Waals surface area (Å²) in [5.74, 6) is 0.413. The van der Waals surface area contributed by atoms with Gasteiger partial charge in [0.25, 0.3) is 5.91 Å². The van der Waals surface area contributed by atoms with Crippen LogP contribution >= 0.6 is 0 Å². The van der Waals surface area contributed by atoms with Gasteiger partial charge in [-0.3, -0.25) is 14.4 Å². The van der Waals surface area contributed by atoms with E-state index in [-0.39, 0.29) is 18.3 Å². The third-order valence-electron chi connectivity index (χ3n) is 8.08. The number of aryl methyl sites for hydroxylation is 1. The summed E-state index contributed by atoms with van der Waals surface area (Å²) in [6.07, 6.45) is 8.05. The number of halogens is 1. The van der Waals surface area contributed by atoms with E-state index in [9.17, 15) is 4.79 Å². The van der Waals surface area contributed by atoms with E-state index in [1.165, 1.54) is 12.8 Å². The molecule has 3 aromatic rings. The van der Waals surface area contributed by atoms with Crippen LogP contribution < -0.4 is 4.90 Å². The number of carbonyl (C=O) groups excluding carboxylic acids is 1. The fraction of sp³-hybridized carbons (Fsp3) is 0.407. The third-order valence-corrected chi connectivity index (χ3v) is 8.08. The van der Waals surface area contributed by atoms with E-state index in [1.54, 1.807) is 23.0 Å². The number of likely N-dealkylation sites (tertiary alicyclic amines) is 1. The molecule has 1 saturated carbocycles. The van der Waals surface area contributed by atoms with Crippen molar-refractivity contribution in [1.82, 2.24) is 14.7 Å². The lowest BCUT2D eigenvalue weighted by molar-refractivity contribution is -0.145. The van der Waals surface area contributed by atoms with Gasteiger partial charge in [0.05, 0.1) is 12.7 Å². The zero-order valence-corrected chi connectivity index (χ0v) is 19.2. The molecule has 1 spiro atoms. The fourth-order valence-electron chi connectivity index (χ4n) is 6.28. The molecule has 0 radical (unpaired) electrons. The minimum absolute atomic E-state index is 0.102. The van der Waals surface area contributed by atoms with Crippen molar-refractivity contribution in [3.05, 3.63) is 71.8 Å². The van der Waals surface area contributed by atoms with Gasteiger partial charge >= 0.3 is 0 Å². The number of benzene rings is 2. The van der Waals surface area contributed by atoms with Crippen LogP contribution in [0.1, 0.15) is 43.7 Å². The Bertz CT molecular complexity index is 1240. The maximum atomic E-state index is 15.2. The molecule has 6 heteroatoms. The van der Waals surface area contributed by atoms with Gasteiger partial charge in [0.15, 0.2) is 0 Å². The molecule has 2 fully saturated rings. The highest BCUT2D eigenvalue weighted by Gasteiger charge is 2.61. The number of hydrogen-bond acceptors (Lipinski definition) is 3. The molecule has 2 aromatic carbocycles. The van der Waals surface area contributed by atoms with Crippen LogP contribution in [0.3, 0.4) is 0 Å². The number of amides is 1. The minimum atomic E-state index is -0.577. The number of fused-ring (bicyclic) bond motifs is 2. The zero-order valence-electron chi connectivity index (χ0n) is 19.2. The predicted octanol–water partition coefficient (Wildman–Crippen LogP) is 4.86. The monoisotopic (exact) mass is 444 g/mol. The Balaban J connectivity index is 1.33. The number of rotatable bonds is 4. The lowest BCUT2D eigenvalue weighted by atomic mass is 9.76. The van der Waals surface area contributed by atoms with Crippen LogP contribution in [0.15, 0.2) is 54.9 Å². The Kier molecular flexibility index (Phi) is 4.70. The first-order chi connectivity index (χ1) is 16.0. The number of aromatic nitrogens is 2. The van der Waals surface area contributed by atoms with Gasteiger partial charge in [-0.2, -0.15) is 5.10 Å². The molecule has 6 rings (SSSR count). The summed E-state index contributed by atoms with van der Waals surface area (Å²) >= 11 is 0. The average Bonchev–Trinajstić information content (AvgIpc) is 3.47. The molecule has 2 aliphatic heterocycles. The van der Waals surface area contributed by atoms with Crippen LogP contribution in [0.2, 0.25) is 0 Å². The number of anilines is 1. The van der Waals surface area contributed by atoms with Crippen LogP contribution in [-0.2, 0) is 23.9 Å². The Morgan fingerprint density at radius 3 is 2.67 bits per heavy atom. The van der Waals surface area contributed by atoms with Crippen molar-refractivity contribution in [2.45, 2.75) is 50.7 Å². The van der Waals surface area contributed by atoms with E-state index in [0.717, 1.165) is 41.8 Å². The molecule has 1 aliphatic carbocycles. The second kappa shape index (κ2) is 7.52. The van der Waals surface area contributed by atoms with Crippen molar-refractivity contribution in [3.63, 3.8) is 0 Å². The summed E-state index contributed by atoms with van der Waals surface area (Å²) in [6, 6.07) is 13.8. The summed E-state index contributed by atoms with van der Waals surface area (Å²) in [4.78, 5) is 18.3. The highest BCUT2D eigenvalue weighted by molar-refractivity contribution is 6.08. The van der Waals surface area contributed by atoms with Crippen LogP contribution in [0.25, 0.3) is 11.1 Å². The Hall–Kier alpha value is -2.99. The van der Waals surface area contributed by atoms with Gasteiger partial charge in [0.2, 0.25) is 0 Å². The lowest BCUT2D eigenvalue weighted by Crippen LogP contribution is -2.65. The Morgan fingerprint density at radius 1 is 1.15 bits per heavy atom. The van der Waals surface area contributed by atoms with E-state index < -0.39 is 5.54 Å². The molecular weight excluding hydrogens is 415 g/mol. The van der Waals surface area contributed by atoms with Gasteiger partial charge in [-0.25, -0.2) is 4.39 Å². The quantitative estimate of drug-likeness (QED) is 0.577. The van der Waals surface area contributed by atoms with Gasteiger partial charge in [0, 0.05) is 48.2 Å². The number of hydrogen-bond donors (Lipinski definition) is 0. The van der Waals surface area contributed by atoms with E-state index >= 15 is 4.39 Å². The molecule has 1 amide bonds. The zero-order chi connectivity index (χ0) is 22.7. The highest BCUT2D eigenvalue weighted by atomic mass is 19.1.